The van der Waals surface area contributed by atoms with Crippen molar-refractivity contribution in [1.82, 2.24) is 10.2 Å². The lowest BCUT2D eigenvalue weighted by Crippen LogP contribution is -2.62. The van der Waals surface area contributed by atoms with Crippen molar-refractivity contribution in [2.45, 2.75) is 19.0 Å². The molecule has 18 heavy (non-hydrogen) atoms. The van der Waals surface area contributed by atoms with Crippen molar-refractivity contribution in [1.29, 1.82) is 0 Å². The molecule has 0 aliphatic carbocycles. The summed E-state index contributed by atoms with van der Waals surface area (Å²) in [4.78, 5) is 16.4. The highest BCUT2D eigenvalue weighted by Gasteiger charge is 2.32. The molecule has 0 bridgehead atoms. The highest BCUT2D eigenvalue weighted by atomic mass is 16.2. The average molecular weight is 247 g/mol. The Bertz CT molecular complexity index is 403. The van der Waals surface area contributed by atoms with Crippen LogP contribution >= 0.6 is 0 Å². The predicted octanol–water partition coefficient (Wildman–Crippen LogP) is 0.942. The Hall–Kier alpha value is -1.39. The Morgan fingerprint density at radius 2 is 2.00 bits per heavy atom. The largest absolute Gasteiger partial charge is 0.309 e. The third-order valence-corrected chi connectivity index (χ3v) is 3.12. The monoisotopic (exact) mass is 247 g/mol. The van der Waals surface area contributed by atoms with E-state index in [-0.39, 0.29) is 11.9 Å². The van der Waals surface area contributed by atoms with Crippen molar-refractivity contribution in [2.24, 2.45) is 0 Å². The zero-order valence-electron chi connectivity index (χ0n) is 11.3. The summed E-state index contributed by atoms with van der Waals surface area (Å²) in [6.07, 6.45) is 0. The third-order valence-electron chi connectivity index (χ3n) is 3.12. The molecule has 1 aromatic rings. The summed E-state index contributed by atoms with van der Waals surface area (Å²) in [6, 6.07) is 10.1. The normalized spacial score (nSPS) is 24.7. The maximum absolute atomic E-state index is 12.4. The lowest BCUT2D eigenvalue weighted by molar-refractivity contribution is -0.122. The molecule has 2 unspecified atom stereocenters. The second-order valence-corrected chi connectivity index (χ2v) is 5.17. The summed E-state index contributed by atoms with van der Waals surface area (Å²) < 4.78 is 0. The van der Waals surface area contributed by atoms with Crippen LogP contribution in [0.5, 0.6) is 0 Å². The smallest absolute Gasteiger partial charge is 0.245 e. The van der Waals surface area contributed by atoms with Gasteiger partial charge in [-0.3, -0.25) is 4.79 Å². The molecule has 1 amide bonds. The zero-order chi connectivity index (χ0) is 13.1. The molecule has 0 saturated carbocycles. The zero-order valence-corrected chi connectivity index (χ0v) is 11.3. The van der Waals surface area contributed by atoms with E-state index >= 15 is 0 Å². The average Bonchev–Trinajstić information content (AvgIpc) is 2.34. The lowest BCUT2D eigenvalue weighted by Gasteiger charge is -2.38. The number of nitrogens with zero attached hydrogens (tertiary/aromatic N) is 2. The van der Waals surface area contributed by atoms with E-state index in [1.807, 2.05) is 54.2 Å². The van der Waals surface area contributed by atoms with Crippen LogP contribution in [0.15, 0.2) is 30.3 Å². The fourth-order valence-corrected chi connectivity index (χ4v) is 2.36. The van der Waals surface area contributed by atoms with E-state index in [1.54, 1.807) is 0 Å². The highest BCUT2D eigenvalue weighted by Crippen LogP contribution is 2.18. The molecule has 1 heterocycles. The Kier molecular flexibility index (Phi) is 3.99. The molecule has 0 spiro atoms. The summed E-state index contributed by atoms with van der Waals surface area (Å²) in [5.41, 5.74) is 0.986. The first kappa shape index (κ1) is 13.1. The first-order chi connectivity index (χ1) is 8.58. The first-order valence-corrected chi connectivity index (χ1v) is 6.35. The topological polar surface area (TPSA) is 35.6 Å². The van der Waals surface area contributed by atoms with Crippen LogP contribution < -0.4 is 10.2 Å². The van der Waals surface area contributed by atoms with Crippen molar-refractivity contribution in [3.8, 4) is 0 Å². The van der Waals surface area contributed by atoms with Crippen molar-refractivity contribution in [2.75, 3.05) is 32.1 Å². The van der Waals surface area contributed by atoms with Gasteiger partial charge in [-0.2, -0.15) is 0 Å². The molecular formula is C14H21N3O. The van der Waals surface area contributed by atoms with Crippen molar-refractivity contribution < 1.29 is 4.79 Å². The Morgan fingerprint density at radius 1 is 1.33 bits per heavy atom. The standard InChI is InChI=1S/C14H21N3O/c1-11-9-17(12-7-5-4-6-8-12)14(18)13(15-11)10-16(2)3/h4-8,11,13,15H,9-10H2,1-3H3. The van der Waals surface area contributed by atoms with Gasteiger partial charge in [0, 0.05) is 24.8 Å². The Labute approximate surface area is 109 Å². The number of carbonyl (C=O) groups excluding carboxylic acids is 1. The fourth-order valence-electron chi connectivity index (χ4n) is 2.36. The molecule has 1 fully saturated rings. The van der Waals surface area contributed by atoms with Crippen LogP contribution in [0.3, 0.4) is 0 Å². The van der Waals surface area contributed by atoms with Crippen LogP contribution in [0, 0.1) is 0 Å². The number of para-hydroxylation sites is 1. The minimum atomic E-state index is -0.121. The molecule has 1 saturated heterocycles. The summed E-state index contributed by atoms with van der Waals surface area (Å²) in [5.74, 6) is 0.160. The fraction of sp³-hybridized carbons (Fsp3) is 0.500. The van der Waals surface area contributed by atoms with E-state index in [0.29, 0.717) is 6.04 Å². The van der Waals surface area contributed by atoms with E-state index in [2.05, 4.69) is 12.2 Å². The van der Waals surface area contributed by atoms with Gasteiger partial charge in [-0.1, -0.05) is 18.2 Å². The van der Waals surface area contributed by atoms with Crippen LogP contribution in [0.25, 0.3) is 0 Å². The SMILES string of the molecule is CC1CN(c2ccccc2)C(=O)C(CN(C)C)N1. The Balaban J connectivity index is 2.18. The molecule has 1 aliphatic heterocycles. The van der Waals surface area contributed by atoms with Gasteiger partial charge in [0.25, 0.3) is 0 Å². The number of anilines is 1. The van der Waals surface area contributed by atoms with Crippen LogP contribution in [0.2, 0.25) is 0 Å². The van der Waals surface area contributed by atoms with E-state index in [9.17, 15) is 4.79 Å². The van der Waals surface area contributed by atoms with Crippen molar-refractivity contribution in [3.05, 3.63) is 30.3 Å². The molecule has 0 radical (unpaired) electrons. The van der Waals surface area contributed by atoms with E-state index < -0.39 is 0 Å². The molecule has 1 N–H and O–H groups in total. The second-order valence-electron chi connectivity index (χ2n) is 5.17. The van der Waals surface area contributed by atoms with Gasteiger partial charge < -0.3 is 15.1 Å². The number of hydrogen-bond acceptors (Lipinski definition) is 3. The van der Waals surface area contributed by atoms with Gasteiger partial charge in [0.1, 0.15) is 6.04 Å². The Morgan fingerprint density at radius 3 is 2.61 bits per heavy atom. The maximum Gasteiger partial charge on any atom is 0.245 e. The molecule has 98 valence electrons. The minimum Gasteiger partial charge on any atom is -0.309 e. The van der Waals surface area contributed by atoms with Gasteiger partial charge in [0.05, 0.1) is 0 Å². The first-order valence-electron chi connectivity index (χ1n) is 6.35. The van der Waals surface area contributed by atoms with Gasteiger partial charge in [0.2, 0.25) is 5.91 Å². The minimum absolute atomic E-state index is 0.121. The number of carbonyl (C=O) groups is 1. The summed E-state index contributed by atoms with van der Waals surface area (Å²) >= 11 is 0. The van der Waals surface area contributed by atoms with Gasteiger partial charge in [-0.15, -0.1) is 0 Å². The van der Waals surface area contributed by atoms with Crippen LogP contribution in [-0.4, -0.2) is 50.1 Å². The molecule has 4 nitrogen and oxygen atoms in total. The van der Waals surface area contributed by atoms with Crippen LogP contribution in [0.1, 0.15) is 6.92 Å². The number of rotatable bonds is 3. The molecule has 2 rings (SSSR count). The second kappa shape index (κ2) is 5.50. The lowest BCUT2D eigenvalue weighted by atomic mass is 10.1. The summed E-state index contributed by atoms with van der Waals surface area (Å²) in [6.45, 7) is 3.57. The number of likely N-dealkylation sites (N-methyl/N-ethyl adjacent to an activating group) is 1. The third kappa shape index (κ3) is 2.89. The molecular weight excluding hydrogens is 226 g/mol. The number of amides is 1. The molecule has 4 heteroatoms. The van der Waals surface area contributed by atoms with Crippen molar-refractivity contribution >= 4 is 11.6 Å². The number of benzene rings is 1. The molecule has 2 atom stereocenters. The van der Waals surface area contributed by atoms with Gasteiger partial charge >= 0.3 is 0 Å². The molecule has 1 aliphatic rings. The molecule has 1 aromatic carbocycles. The van der Waals surface area contributed by atoms with E-state index in [4.69, 9.17) is 0 Å². The predicted molar refractivity (Wildman–Crippen MR) is 73.7 cm³/mol. The van der Waals surface area contributed by atoms with Crippen LogP contribution in [-0.2, 0) is 4.79 Å². The van der Waals surface area contributed by atoms with Crippen LogP contribution in [0.4, 0.5) is 5.69 Å². The number of nitrogens with one attached hydrogen (secondary N) is 1. The number of piperazine rings is 1. The highest BCUT2D eigenvalue weighted by molar-refractivity contribution is 5.98. The molecule has 0 aromatic heterocycles. The quantitative estimate of drug-likeness (QED) is 0.863. The maximum atomic E-state index is 12.4. The van der Waals surface area contributed by atoms with Gasteiger partial charge in [-0.25, -0.2) is 0 Å². The van der Waals surface area contributed by atoms with Gasteiger partial charge in [-0.05, 0) is 33.2 Å². The van der Waals surface area contributed by atoms with Crippen molar-refractivity contribution in [3.63, 3.8) is 0 Å². The summed E-state index contributed by atoms with van der Waals surface area (Å²) in [7, 11) is 3.97. The number of hydrogen-bond donors (Lipinski definition) is 1. The van der Waals surface area contributed by atoms with E-state index in [1.165, 1.54) is 0 Å². The summed E-state index contributed by atoms with van der Waals surface area (Å²) in [5, 5.41) is 3.36. The van der Waals surface area contributed by atoms with E-state index in [0.717, 1.165) is 18.8 Å². The van der Waals surface area contributed by atoms with Gasteiger partial charge in [0.15, 0.2) is 0 Å².